The minimum absolute atomic E-state index is 0. The van der Waals surface area contributed by atoms with Gasteiger partial charge in [0.25, 0.3) is 0 Å². The number of halogens is 1. The number of ether oxygens (including phenoxy) is 1. The summed E-state index contributed by atoms with van der Waals surface area (Å²) in [5, 5.41) is 9.75. The second kappa shape index (κ2) is 7.13. The van der Waals surface area contributed by atoms with Crippen molar-refractivity contribution in [2.75, 3.05) is 7.11 Å². The van der Waals surface area contributed by atoms with Crippen LogP contribution in [0.15, 0.2) is 29.1 Å². The molecule has 0 saturated heterocycles. The number of hydrogen-bond acceptors (Lipinski definition) is 3. The quantitative estimate of drug-likeness (QED) is 0.693. The number of benzene rings is 1. The van der Waals surface area contributed by atoms with Crippen molar-refractivity contribution in [3.05, 3.63) is 51.7 Å². The summed E-state index contributed by atoms with van der Waals surface area (Å²) >= 11 is 0. The van der Waals surface area contributed by atoms with Crippen LogP contribution in [-0.4, -0.2) is 16.8 Å². The van der Waals surface area contributed by atoms with Gasteiger partial charge in [0.15, 0.2) is 11.5 Å². The summed E-state index contributed by atoms with van der Waals surface area (Å²) < 4.78 is 8.35. The zero-order valence-electron chi connectivity index (χ0n) is 13.0. The predicted octanol–water partition coefficient (Wildman–Crippen LogP) is -1.59. The predicted molar refractivity (Wildman–Crippen MR) is 81.2 cm³/mol. The van der Waals surface area contributed by atoms with Crippen LogP contribution in [0.25, 0.3) is 12.2 Å². The van der Waals surface area contributed by atoms with Crippen LogP contribution in [0, 0.1) is 6.92 Å². The maximum absolute atomic E-state index is 12.0. The lowest BCUT2D eigenvalue weighted by Gasteiger charge is -2.06. The SMILES string of the molecule is COc1c(O)cccc1/C=C/c1cc(C)n(C)c(=O)[n+]1C.[Cl-]. The van der Waals surface area contributed by atoms with Crippen molar-refractivity contribution in [2.45, 2.75) is 6.92 Å². The molecule has 22 heavy (non-hydrogen) atoms. The van der Waals surface area contributed by atoms with Crippen LogP contribution in [0.4, 0.5) is 0 Å². The summed E-state index contributed by atoms with van der Waals surface area (Å²) in [4.78, 5) is 12.0. The molecule has 0 amide bonds. The largest absolute Gasteiger partial charge is 1.00 e. The number of rotatable bonds is 3. The average Bonchev–Trinajstić information content (AvgIpc) is 2.47. The highest BCUT2D eigenvalue weighted by Gasteiger charge is 2.12. The van der Waals surface area contributed by atoms with Crippen molar-refractivity contribution in [1.82, 2.24) is 4.57 Å². The van der Waals surface area contributed by atoms with Crippen LogP contribution >= 0.6 is 0 Å². The summed E-state index contributed by atoms with van der Waals surface area (Å²) in [6, 6.07) is 7.07. The number of aromatic hydroxyl groups is 1. The normalized spacial score (nSPS) is 10.5. The van der Waals surface area contributed by atoms with E-state index in [9.17, 15) is 9.90 Å². The van der Waals surface area contributed by atoms with E-state index in [0.29, 0.717) is 5.75 Å². The number of phenols is 1. The van der Waals surface area contributed by atoms with E-state index in [1.807, 2.05) is 31.2 Å². The second-order valence-corrected chi connectivity index (χ2v) is 4.84. The van der Waals surface area contributed by atoms with E-state index in [4.69, 9.17) is 4.74 Å². The first kappa shape index (κ1) is 17.8. The van der Waals surface area contributed by atoms with E-state index < -0.39 is 0 Å². The zero-order chi connectivity index (χ0) is 15.6. The third-order valence-corrected chi connectivity index (χ3v) is 3.51. The highest BCUT2D eigenvalue weighted by molar-refractivity contribution is 5.72. The van der Waals surface area contributed by atoms with E-state index in [1.165, 1.54) is 7.11 Å². The maximum atomic E-state index is 12.0. The number of aryl methyl sites for hydroxylation is 1. The Morgan fingerprint density at radius 1 is 1.32 bits per heavy atom. The second-order valence-electron chi connectivity index (χ2n) is 4.84. The molecule has 0 bridgehead atoms. The molecule has 1 aromatic carbocycles. The van der Waals surface area contributed by atoms with Crippen molar-refractivity contribution >= 4 is 12.2 Å². The van der Waals surface area contributed by atoms with E-state index >= 15 is 0 Å². The van der Waals surface area contributed by atoms with Crippen molar-refractivity contribution in [3.63, 3.8) is 0 Å². The molecule has 0 saturated carbocycles. The van der Waals surface area contributed by atoms with Crippen LogP contribution in [0.2, 0.25) is 0 Å². The van der Waals surface area contributed by atoms with Crippen molar-refractivity contribution < 1.29 is 26.8 Å². The molecule has 5 nitrogen and oxygen atoms in total. The Labute approximate surface area is 135 Å². The fourth-order valence-corrected chi connectivity index (χ4v) is 2.12. The summed E-state index contributed by atoms with van der Waals surface area (Å²) in [7, 11) is 4.97. The van der Waals surface area contributed by atoms with Crippen molar-refractivity contribution in [2.24, 2.45) is 14.1 Å². The van der Waals surface area contributed by atoms with Gasteiger partial charge in [-0.05, 0) is 25.1 Å². The number of methoxy groups -OCH3 is 1. The van der Waals surface area contributed by atoms with E-state index in [2.05, 4.69) is 0 Å². The maximum Gasteiger partial charge on any atom is 0.498 e. The van der Waals surface area contributed by atoms with Crippen LogP contribution in [0.1, 0.15) is 17.0 Å². The number of aromatic nitrogens is 2. The van der Waals surface area contributed by atoms with Crippen molar-refractivity contribution in [3.8, 4) is 11.5 Å². The lowest BCUT2D eigenvalue weighted by atomic mass is 10.1. The van der Waals surface area contributed by atoms with Gasteiger partial charge in [0, 0.05) is 11.6 Å². The van der Waals surface area contributed by atoms with Gasteiger partial charge in [-0.1, -0.05) is 12.1 Å². The van der Waals surface area contributed by atoms with Gasteiger partial charge in [-0.3, -0.25) is 0 Å². The Balaban J connectivity index is 0.00000242. The molecule has 1 heterocycles. The van der Waals surface area contributed by atoms with Crippen LogP contribution in [-0.2, 0) is 14.1 Å². The first-order chi connectivity index (χ1) is 9.95. The monoisotopic (exact) mass is 322 g/mol. The minimum Gasteiger partial charge on any atom is -1.00 e. The van der Waals surface area contributed by atoms with Gasteiger partial charge in [0.05, 0.1) is 21.2 Å². The van der Waals surface area contributed by atoms with E-state index in [1.54, 1.807) is 35.4 Å². The Morgan fingerprint density at radius 2 is 2.00 bits per heavy atom. The third-order valence-electron chi connectivity index (χ3n) is 3.51. The Morgan fingerprint density at radius 3 is 2.64 bits per heavy atom. The Bertz CT molecular complexity index is 767. The lowest BCUT2D eigenvalue weighted by Crippen LogP contribution is -3.00. The van der Waals surface area contributed by atoms with Gasteiger partial charge in [0.1, 0.15) is 11.4 Å². The molecule has 0 aliphatic carbocycles. The minimum atomic E-state index is -0.0856. The van der Waals surface area contributed by atoms with Gasteiger partial charge in [-0.2, -0.15) is 13.9 Å². The smallest absolute Gasteiger partial charge is 0.498 e. The van der Waals surface area contributed by atoms with Gasteiger partial charge < -0.3 is 22.3 Å². The molecule has 0 aliphatic heterocycles. The molecule has 2 rings (SSSR count). The molecule has 0 atom stereocenters. The summed E-state index contributed by atoms with van der Waals surface area (Å²) in [5.41, 5.74) is 2.31. The fourth-order valence-electron chi connectivity index (χ4n) is 2.12. The topological polar surface area (TPSA) is 55.3 Å². The van der Waals surface area contributed by atoms with E-state index in [-0.39, 0.29) is 23.8 Å². The molecular weight excluding hydrogens is 304 g/mol. The fraction of sp³-hybridized carbons (Fsp3) is 0.250. The molecule has 0 radical (unpaired) electrons. The number of nitrogens with zero attached hydrogens (tertiary/aromatic N) is 2. The number of para-hydroxylation sites is 1. The molecule has 0 fully saturated rings. The first-order valence-corrected chi connectivity index (χ1v) is 6.56. The van der Waals surface area contributed by atoms with Gasteiger partial charge >= 0.3 is 5.69 Å². The van der Waals surface area contributed by atoms with Crippen LogP contribution in [0.3, 0.4) is 0 Å². The van der Waals surface area contributed by atoms with Gasteiger partial charge in [0.2, 0.25) is 0 Å². The summed E-state index contributed by atoms with van der Waals surface area (Å²) in [6.07, 6.45) is 3.64. The molecule has 1 N–H and O–H groups in total. The molecule has 118 valence electrons. The molecule has 0 spiro atoms. The lowest BCUT2D eigenvalue weighted by molar-refractivity contribution is -0.692. The third kappa shape index (κ3) is 3.31. The average molecular weight is 323 g/mol. The molecule has 0 unspecified atom stereocenters. The molecular formula is C16H19ClN2O3. The molecule has 2 aromatic rings. The first-order valence-electron chi connectivity index (χ1n) is 6.56. The Hall–Kier alpha value is -2.27. The van der Waals surface area contributed by atoms with Crippen LogP contribution in [0.5, 0.6) is 11.5 Å². The highest BCUT2D eigenvalue weighted by atomic mass is 35.5. The Kier molecular flexibility index (Phi) is 5.77. The molecule has 1 aromatic heterocycles. The van der Waals surface area contributed by atoms with Gasteiger partial charge in [-0.25, -0.2) is 0 Å². The molecule has 0 aliphatic rings. The summed E-state index contributed by atoms with van der Waals surface area (Å²) in [5.74, 6) is 0.501. The number of hydrogen-bond donors (Lipinski definition) is 1. The van der Waals surface area contributed by atoms with E-state index in [0.717, 1.165) is 17.0 Å². The standard InChI is InChI=1S/C16H18N2O3.ClH/c1-11-10-13(18(3)16(20)17(11)2)9-8-12-6-5-7-14(19)15(12)21-4;/h5-10H,1-4H3;1H/b9-8+;. The van der Waals surface area contributed by atoms with Gasteiger partial charge in [-0.15, -0.1) is 0 Å². The molecule has 6 heteroatoms. The van der Waals surface area contributed by atoms with Crippen LogP contribution < -0.4 is 27.4 Å². The van der Waals surface area contributed by atoms with Crippen molar-refractivity contribution in [1.29, 1.82) is 0 Å². The number of phenolic OH excluding ortho intramolecular Hbond substituents is 1. The highest BCUT2D eigenvalue weighted by Crippen LogP contribution is 2.30. The zero-order valence-corrected chi connectivity index (χ0v) is 13.8. The summed E-state index contributed by atoms with van der Waals surface area (Å²) in [6.45, 7) is 1.88.